The normalized spacial score (nSPS) is 9.46. The first kappa shape index (κ1) is 12.8. The van der Waals surface area contributed by atoms with Crippen molar-refractivity contribution >= 4 is 24.0 Å². The summed E-state index contributed by atoms with van der Waals surface area (Å²) in [7, 11) is 0. The average molecular weight is 220 g/mol. The van der Waals surface area contributed by atoms with Crippen molar-refractivity contribution in [2.45, 2.75) is 19.8 Å². The molecule has 13 heavy (non-hydrogen) atoms. The van der Waals surface area contributed by atoms with Crippen molar-refractivity contribution in [3.8, 4) is 0 Å². The standard InChI is InChI=1S/C10H14ClN.ClH/c1-8-7-10(11)5-4-9(8)3-2-6-12;/h4-5,7H,2-3,6,12H2,1H3;1H. The molecule has 0 aliphatic rings. The first-order chi connectivity index (χ1) is 5.74. The lowest BCUT2D eigenvalue weighted by molar-refractivity contribution is 0.828. The predicted molar refractivity (Wildman–Crippen MR) is 60.8 cm³/mol. The quantitative estimate of drug-likeness (QED) is 0.832. The Morgan fingerprint density at radius 1 is 1.38 bits per heavy atom. The molecule has 0 atom stereocenters. The first-order valence-corrected chi connectivity index (χ1v) is 4.57. The molecule has 2 N–H and O–H groups in total. The van der Waals surface area contributed by atoms with Crippen molar-refractivity contribution in [3.05, 3.63) is 34.3 Å². The van der Waals surface area contributed by atoms with Crippen molar-refractivity contribution < 1.29 is 0 Å². The van der Waals surface area contributed by atoms with E-state index in [1.165, 1.54) is 11.1 Å². The lowest BCUT2D eigenvalue weighted by Gasteiger charge is -2.04. The van der Waals surface area contributed by atoms with E-state index in [1.54, 1.807) is 0 Å². The van der Waals surface area contributed by atoms with Crippen molar-refractivity contribution in [2.24, 2.45) is 5.73 Å². The van der Waals surface area contributed by atoms with E-state index in [9.17, 15) is 0 Å². The molecule has 0 amide bonds. The van der Waals surface area contributed by atoms with E-state index in [-0.39, 0.29) is 12.4 Å². The number of hydrogen-bond donors (Lipinski definition) is 1. The Morgan fingerprint density at radius 3 is 2.62 bits per heavy atom. The summed E-state index contributed by atoms with van der Waals surface area (Å²) in [5, 5.41) is 0.809. The van der Waals surface area contributed by atoms with Gasteiger partial charge in [-0.15, -0.1) is 12.4 Å². The minimum Gasteiger partial charge on any atom is -0.330 e. The van der Waals surface area contributed by atoms with Gasteiger partial charge in [0, 0.05) is 5.02 Å². The fourth-order valence-electron chi connectivity index (χ4n) is 1.23. The summed E-state index contributed by atoms with van der Waals surface area (Å²) in [6.07, 6.45) is 2.10. The molecule has 0 saturated carbocycles. The topological polar surface area (TPSA) is 26.0 Å². The van der Waals surface area contributed by atoms with E-state index >= 15 is 0 Å². The molecule has 0 heterocycles. The van der Waals surface area contributed by atoms with Gasteiger partial charge in [0.05, 0.1) is 0 Å². The monoisotopic (exact) mass is 219 g/mol. The van der Waals surface area contributed by atoms with Crippen LogP contribution in [0.25, 0.3) is 0 Å². The van der Waals surface area contributed by atoms with Crippen molar-refractivity contribution in [1.82, 2.24) is 0 Å². The Morgan fingerprint density at radius 2 is 2.08 bits per heavy atom. The minimum atomic E-state index is 0. The second-order valence-electron chi connectivity index (χ2n) is 2.96. The van der Waals surface area contributed by atoms with E-state index < -0.39 is 0 Å². The van der Waals surface area contributed by atoms with Crippen LogP contribution in [0.15, 0.2) is 18.2 Å². The Balaban J connectivity index is 0.00000144. The Kier molecular flexibility index (Phi) is 6.13. The second-order valence-corrected chi connectivity index (χ2v) is 3.40. The van der Waals surface area contributed by atoms with Crippen LogP contribution >= 0.6 is 24.0 Å². The molecule has 0 saturated heterocycles. The van der Waals surface area contributed by atoms with E-state index in [1.807, 2.05) is 12.1 Å². The fraction of sp³-hybridized carbons (Fsp3) is 0.400. The SMILES string of the molecule is Cc1cc(Cl)ccc1CCCN.Cl. The van der Waals surface area contributed by atoms with Crippen molar-refractivity contribution in [2.75, 3.05) is 6.54 Å². The molecule has 0 aliphatic heterocycles. The molecule has 0 fully saturated rings. The summed E-state index contributed by atoms with van der Waals surface area (Å²) >= 11 is 5.83. The molecule has 1 rings (SSSR count). The highest BCUT2D eigenvalue weighted by molar-refractivity contribution is 6.30. The largest absolute Gasteiger partial charge is 0.330 e. The third-order valence-corrected chi connectivity index (χ3v) is 2.19. The minimum absolute atomic E-state index is 0. The van der Waals surface area contributed by atoms with Gasteiger partial charge in [-0.3, -0.25) is 0 Å². The van der Waals surface area contributed by atoms with Gasteiger partial charge in [0.2, 0.25) is 0 Å². The number of rotatable bonds is 3. The van der Waals surface area contributed by atoms with Crippen molar-refractivity contribution in [1.29, 1.82) is 0 Å². The van der Waals surface area contributed by atoms with E-state index in [0.717, 1.165) is 24.4 Å². The molecule has 0 aliphatic carbocycles. The van der Waals surface area contributed by atoms with Gasteiger partial charge in [-0.1, -0.05) is 17.7 Å². The third kappa shape index (κ3) is 3.99. The highest BCUT2D eigenvalue weighted by Crippen LogP contribution is 2.16. The van der Waals surface area contributed by atoms with E-state index in [4.69, 9.17) is 17.3 Å². The summed E-state index contributed by atoms with van der Waals surface area (Å²) < 4.78 is 0. The van der Waals surface area contributed by atoms with Crippen LogP contribution in [0.4, 0.5) is 0 Å². The molecule has 3 heteroatoms. The summed E-state index contributed by atoms with van der Waals surface area (Å²) in [6, 6.07) is 6.00. The average Bonchev–Trinajstić information content (AvgIpc) is 2.03. The van der Waals surface area contributed by atoms with Gasteiger partial charge in [0.1, 0.15) is 0 Å². The zero-order valence-electron chi connectivity index (χ0n) is 7.72. The second kappa shape index (κ2) is 6.25. The van der Waals surface area contributed by atoms with Crippen LogP contribution in [-0.2, 0) is 6.42 Å². The Bertz CT molecular complexity index is 261. The maximum atomic E-state index is 5.83. The van der Waals surface area contributed by atoms with Crippen LogP contribution in [0, 0.1) is 6.92 Å². The maximum Gasteiger partial charge on any atom is 0.0408 e. The highest BCUT2D eigenvalue weighted by Gasteiger charge is 1.97. The summed E-state index contributed by atoms with van der Waals surface area (Å²) in [4.78, 5) is 0. The maximum absolute atomic E-state index is 5.83. The molecule has 1 nitrogen and oxygen atoms in total. The molecular formula is C10H15Cl2N. The van der Waals surface area contributed by atoms with Gasteiger partial charge in [-0.2, -0.15) is 0 Å². The summed E-state index contributed by atoms with van der Waals surface area (Å²) in [5.41, 5.74) is 8.04. The summed E-state index contributed by atoms with van der Waals surface area (Å²) in [6.45, 7) is 2.83. The molecule has 0 spiro atoms. The highest BCUT2D eigenvalue weighted by atomic mass is 35.5. The number of halogens is 2. The van der Waals surface area contributed by atoms with Gasteiger partial charge < -0.3 is 5.73 Å². The third-order valence-electron chi connectivity index (χ3n) is 1.95. The predicted octanol–water partition coefficient (Wildman–Crippen LogP) is 2.96. The van der Waals surface area contributed by atoms with Crippen LogP contribution in [0.1, 0.15) is 17.5 Å². The van der Waals surface area contributed by atoms with Gasteiger partial charge >= 0.3 is 0 Å². The molecule has 0 radical (unpaired) electrons. The van der Waals surface area contributed by atoms with Gasteiger partial charge in [0.15, 0.2) is 0 Å². The Hall–Kier alpha value is -0.240. The molecule has 0 aromatic heterocycles. The molecule has 1 aromatic rings. The lowest BCUT2D eigenvalue weighted by atomic mass is 10.0. The van der Waals surface area contributed by atoms with Crippen LogP contribution in [0.2, 0.25) is 5.02 Å². The van der Waals surface area contributed by atoms with Crippen LogP contribution in [0.5, 0.6) is 0 Å². The van der Waals surface area contributed by atoms with Crippen LogP contribution in [0.3, 0.4) is 0 Å². The van der Waals surface area contributed by atoms with Crippen LogP contribution in [-0.4, -0.2) is 6.54 Å². The number of benzene rings is 1. The molecule has 74 valence electrons. The summed E-state index contributed by atoms with van der Waals surface area (Å²) in [5.74, 6) is 0. The van der Waals surface area contributed by atoms with Gasteiger partial charge in [-0.05, 0) is 49.6 Å². The zero-order chi connectivity index (χ0) is 8.97. The molecule has 0 bridgehead atoms. The molecule has 1 aromatic carbocycles. The first-order valence-electron chi connectivity index (χ1n) is 4.19. The number of hydrogen-bond acceptors (Lipinski definition) is 1. The van der Waals surface area contributed by atoms with Crippen LogP contribution < -0.4 is 5.73 Å². The van der Waals surface area contributed by atoms with Gasteiger partial charge in [0.25, 0.3) is 0 Å². The van der Waals surface area contributed by atoms with Gasteiger partial charge in [-0.25, -0.2) is 0 Å². The van der Waals surface area contributed by atoms with Crippen molar-refractivity contribution in [3.63, 3.8) is 0 Å². The smallest absolute Gasteiger partial charge is 0.0408 e. The fourth-order valence-corrected chi connectivity index (χ4v) is 1.46. The van der Waals surface area contributed by atoms with E-state index in [0.29, 0.717) is 0 Å². The zero-order valence-corrected chi connectivity index (χ0v) is 9.29. The molecule has 0 unspecified atom stereocenters. The number of aryl methyl sites for hydroxylation is 2. The molecular weight excluding hydrogens is 205 g/mol. The van der Waals surface area contributed by atoms with E-state index in [2.05, 4.69) is 13.0 Å². The lowest BCUT2D eigenvalue weighted by Crippen LogP contribution is -2.01. The Labute approximate surface area is 90.7 Å². The number of nitrogens with two attached hydrogens (primary N) is 1.